The van der Waals surface area contributed by atoms with Crippen LogP contribution in [0.2, 0.25) is 18.1 Å². The average molecular weight is 348 g/mol. The maximum atomic E-state index is 9.29. The number of thiazole rings is 1. The summed E-state index contributed by atoms with van der Waals surface area (Å²) >= 11 is 8.03. The van der Waals surface area contributed by atoms with Gasteiger partial charge in [0.2, 0.25) is 0 Å². The number of hydrogen-bond acceptors (Lipinski definition) is 4. The average Bonchev–Trinajstić information content (AvgIpc) is 2.72. The van der Waals surface area contributed by atoms with Gasteiger partial charge in [-0.05, 0) is 31.1 Å². The highest BCUT2D eigenvalue weighted by Crippen LogP contribution is 2.39. The van der Waals surface area contributed by atoms with E-state index in [0.29, 0.717) is 11.5 Å². The Balaban J connectivity index is 2.93. The second-order valence-electron chi connectivity index (χ2n) is 6.70. The summed E-state index contributed by atoms with van der Waals surface area (Å²) in [5.41, 5.74) is 0.851. The second-order valence-corrected chi connectivity index (χ2v) is 13.0. The molecule has 1 atom stereocenters. The molecule has 1 aromatic heterocycles. The first-order valence-electron chi connectivity index (χ1n) is 7.15. The van der Waals surface area contributed by atoms with Crippen LogP contribution in [0.3, 0.4) is 0 Å². The summed E-state index contributed by atoms with van der Waals surface area (Å²) in [6, 6.07) is 0. The van der Waals surface area contributed by atoms with Crippen molar-refractivity contribution in [2.24, 2.45) is 0 Å². The van der Waals surface area contributed by atoms with Gasteiger partial charge in [-0.2, -0.15) is 0 Å². The van der Waals surface area contributed by atoms with Crippen molar-refractivity contribution in [3.05, 3.63) is 21.1 Å². The number of rotatable bonds is 6. The van der Waals surface area contributed by atoms with Gasteiger partial charge in [0.15, 0.2) is 8.32 Å². The number of halogens is 1. The molecule has 0 saturated carbocycles. The van der Waals surface area contributed by atoms with E-state index >= 15 is 0 Å². The van der Waals surface area contributed by atoms with Crippen molar-refractivity contribution in [1.82, 2.24) is 4.98 Å². The fraction of sp³-hybridized carbons (Fsp3) is 0.667. The van der Waals surface area contributed by atoms with Gasteiger partial charge < -0.3 is 9.53 Å². The van der Waals surface area contributed by atoms with Crippen molar-refractivity contribution in [1.29, 1.82) is 0 Å². The smallest absolute Gasteiger partial charge is 0.192 e. The van der Waals surface area contributed by atoms with Crippen LogP contribution in [0.25, 0.3) is 6.08 Å². The van der Waals surface area contributed by atoms with Crippen LogP contribution < -0.4 is 0 Å². The predicted octanol–water partition coefficient (Wildman–Crippen LogP) is 4.80. The van der Waals surface area contributed by atoms with Crippen LogP contribution in [0.1, 0.15) is 37.9 Å². The highest BCUT2D eigenvalue weighted by atomic mass is 35.5. The normalized spacial score (nSPS) is 15.3. The summed E-state index contributed by atoms with van der Waals surface area (Å²) in [6.07, 6.45) is 2.09. The Bertz CT molecular complexity index is 494. The summed E-state index contributed by atoms with van der Waals surface area (Å²) in [4.78, 5) is 4.39. The van der Waals surface area contributed by atoms with E-state index in [9.17, 15) is 5.11 Å². The van der Waals surface area contributed by atoms with E-state index in [1.54, 1.807) is 11.3 Å². The molecule has 120 valence electrons. The van der Waals surface area contributed by atoms with Crippen molar-refractivity contribution in [3.8, 4) is 0 Å². The van der Waals surface area contributed by atoms with Crippen LogP contribution in [0, 0.1) is 6.92 Å². The Morgan fingerprint density at radius 2 is 2.14 bits per heavy atom. The van der Waals surface area contributed by atoms with Gasteiger partial charge in [0.1, 0.15) is 0 Å². The maximum absolute atomic E-state index is 9.29. The lowest BCUT2D eigenvalue weighted by molar-refractivity contribution is 0.172. The van der Waals surface area contributed by atoms with Crippen molar-refractivity contribution < 1.29 is 9.53 Å². The van der Waals surface area contributed by atoms with Crippen molar-refractivity contribution in [2.45, 2.75) is 58.4 Å². The molecule has 1 heterocycles. The molecule has 3 nitrogen and oxygen atoms in total. The Morgan fingerprint density at radius 1 is 1.52 bits per heavy atom. The molecule has 21 heavy (non-hydrogen) atoms. The van der Waals surface area contributed by atoms with E-state index in [0.717, 1.165) is 10.7 Å². The fourth-order valence-corrected chi connectivity index (χ4v) is 3.80. The minimum absolute atomic E-state index is 0.0550. The van der Waals surface area contributed by atoms with Crippen molar-refractivity contribution in [3.63, 3.8) is 0 Å². The van der Waals surface area contributed by atoms with Gasteiger partial charge in [0, 0.05) is 23.4 Å². The maximum Gasteiger partial charge on any atom is 0.192 e. The molecule has 1 unspecified atom stereocenters. The molecule has 0 aliphatic rings. The SMILES string of the molecule is Cc1nc(/C=C(/Cl)C(CCO)O[Si](C)(C)C(C)(C)C)cs1. The predicted molar refractivity (Wildman–Crippen MR) is 94.5 cm³/mol. The van der Waals surface area contributed by atoms with Gasteiger partial charge in [-0.15, -0.1) is 11.3 Å². The molecule has 0 saturated heterocycles. The molecule has 1 N–H and O–H groups in total. The molecule has 0 bridgehead atoms. The minimum atomic E-state index is -1.93. The first-order valence-corrected chi connectivity index (χ1v) is 11.3. The van der Waals surface area contributed by atoms with E-state index in [1.165, 1.54) is 0 Å². The third kappa shape index (κ3) is 5.49. The number of aliphatic hydroxyl groups excluding tert-OH is 1. The Morgan fingerprint density at radius 3 is 2.57 bits per heavy atom. The zero-order valence-corrected chi connectivity index (χ0v) is 16.3. The highest BCUT2D eigenvalue weighted by molar-refractivity contribution is 7.09. The van der Waals surface area contributed by atoms with E-state index in [4.69, 9.17) is 16.0 Å². The summed E-state index contributed by atoms with van der Waals surface area (Å²) in [6.45, 7) is 13.0. The monoisotopic (exact) mass is 347 g/mol. The molecule has 0 aromatic carbocycles. The third-order valence-corrected chi connectivity index (χ3v) is 9.49. The molecule has 0 aliphatic heterocycles. The molecule has 0 aliphatic carbocycles. The zero-order chi connectivity index (χ0) is 16.3. The molecule has 0 radical (unpaired) electrons. The topological polar surface area (TPSA) is 42.4 Å². The van der Waals surface area contributed by atoms with Crippen LogP contribution in [0.4, 0.5) is 0 Å². The summed E-state index contributed by atoms with van der Waals surface area (Å²) in [5, 5.41) is 13.0. The number of aromatic nitrogens is 1. The number of aryl methyl sites for hydroxylation is 1. The van der Waals surface area contributed by atoms with E-state index in [1.807, 2.05) is 18.4 Å². The number of nitrogens with zero attached hydrogens (tertiary/aromatic N) is 1. The van der Waals surface area contributed by atoms with Crippen LogP contribution in [-0.4, -0.2) is 31.1 Å². The molecule has 1 aromatic rings. The summed E-state index contributed by atoms with van der Waals surface area (Å²) in [7, 11) is -1.93. The Labute approximate surface area is 138 Å². The molecule has 6 heteroatoms. The van der Waals surface area contributed by atoms with E-state index < -0.39 is 8.32 Å². The summed E-state index contributed by atoms with van der Waals surface area (Å²) < 4.78 is 6.34. The quantitative estimate of drug-likeness (QED) is 0.751. The van der Waals surface area contributed by atoms with Crippen molar-refractivity contribution >= 4 is 37.3 Å². The molecule has 0 amide bonds. The van der Waals surface area contributed by atoms with Gasteiger partial charge in [0.05, 0.1) is 16.8 Å². The standard InChI is InChI=1S/C15H26ClNO2SSi/c1-11-17-12(10-20-11)9-13(16)14(7-8-18)19-21(5,6)15(2,3)4/h9-10,14,18H,7-8H2,1-6H3/b13-9+. The van der Waals surface area contributed by atoms with Gasteiger partial charge in [-0.3, -0.25) is 0 Å². The highest BCUT2D eigenvalue weighted by Gasteiger charge is 2.39. The molecule has 0 fully saturated rings. The number of aliphatic hydroxyl groups is 1. The Kier molecular flexibility index (Phi) is 6.62. The van der Waals surface area contributed by atoms with Crippen LogP contribution in [-0.2, 0) is 4.43 Å². The molecular formula is C15H26ClNO2SSi. The number of hydrogen-bond donors (Lipinski definition) is 1. The largest absolute Gasteiger partial charge is 0.409 e. The lowest BCUT2D eigenvalue weighted by Gasteiger charge is -2.39. The lowest BCUT2D eigenvalue weighted by atomic mass is 10.2. The van der Waals surface area contributed by atoms with Crippen LogP contribution in [0.5, 0.6) is 0 Å². The lowest BCUT2D eigenvalue weighted by Crippen LogP contribution is -2.44. The molecule has 0 spiro atoms. The van der Waals surface area contributed by atoms with E-state index in [2.05, 4.69) is 38.8 Å². The van der Waals surface area contributed by atoms with Crippen LogP contribution >= 0.6 is 22.9 Å². The molecular weight excluding hydrogens is 322 g/mol. The zero-order valence-electron chi connectivity index (χ0n) is 13.7. The van der Waals surface area contributed by atoms with Gasteiger partial charge in [-0.25, -0.2) is 4.98 Å². The minimum Gasteiger partial charge on any atom is -0.409 e. The van der Waals surface area contributed by atoms with Gasteiger partial charge in [0.25, 0.3) is 0 Å². The molecule has 1 rings (SSSR count). The van der Waals surface area contributed by atoms with Crippen molar-refractivity contribution in [2.75, 3.05) is 6.61 Å². The van der Waals surface area contributed by atoms with Gasteiger partial charge in [-0.1, -0.05) is 32.4 Å². The fourth-order valence-electron chi connectivity index (χ4n) is 1.58. The second kappa shape index (κ2) is 7.37. The third-order valence-electron chi connectivity index (χ3n) is 3.86. The first kappa shape index (κ1) is 18.8. The van der Waals surface area contributed by atoms with Gasteiger partial charge >= 0.3 is 0 Å². The van der Waals surface area contributed by atoms with E-state index in [-0.39, 0.29) is 17.7 Å². The first-order chi connectivity index (χ1) is 9.56. The summed E-state index contributed by atoms with van der Waals surface area (Å²) in [5.74, 6) is 0. The Hall–Kier alpha value is -0.203. The van der Waals surface area contributed by atoms with Crippen LogP contribution in [0.15, 0.2) is 10.4 Å².